The van der Waals surface area contributed by atoms with Crippen LogP contribution in [-0.2, 0) is 4.79 Å². The first-order valence-corrected chi connectivity index (χ1v) is 10.4. The van der Waals surface area contributed by atoms with Crippen LogP contribution in [0.1, 0.15) is 22.2 Å². The monoisotopic (exact) mass is 492 g/mol. The van der Waals surface area contributed by atoms with Gasteiger partial charge in [0.15, 0.2) is 11.5 Å². The van der Waals surface area contributed by atoms with Gasteiger partial charge in [-0.15, -0.1) is 0 Å². The number of nitrogens with zero attached hydrogens (tertiary/aromatic N) is 2. The summed E-state index contributed by atoms with van der Waals surface area (Å²) >= 11 is 3.38. The third-order valence-corrected chi connectivity index (χ3v) is 5.76. The number of furan rings is 1. The fraction of sp³-hybridized carbons (Fsp3) is 0.0417. The second-order valence-corrected chi connectivity index (χ2v) is 8.14. The van der Waals surface area contributed by atoms with Crippen LogP contribution in [0.25, 0.3) is 11.0 Å². The number of Topliss-reactive ketones (excluding diaryl/α,β-unsaturated/α-hetero) is 1. The lowest BCUT2D eigenvalue weighted by Crippen LogP contribution is -2.31. The molecule has 4 aromatic rings. The Balaban J connectivity index is 1.66. The lowest BCUT2D eigenvalue weighted by atomic mass is 9.95. The number of benzene rings is 2. The fourth-order valence-electron chi connectivity index (χ4n) is 3.85. The minimum absolute atomic E-state index is 0.0207. The van der Waals surface area contributed by atoms with Crippen molar-refractivity contribution in [3.63, 3.8) is 0 Å². The van der Waals surface area contributed by atoms with Crippen LogP contribution in [0.5, 0.6) is 0 Å². The average molecular weight is 493 g/mol. The first kappa shape index (κ1) is 20.1. The second-order valence-electron chi connectivity index (χ2n) is 7.22. The van der Waals surface area contributed by atoms with Crippen molar-refractivity contribution in [2.24, 2.45) is 0 Å². The van der Waals surface area contributed by atoms with E-state index in [4.69, 9.17) is 4.42 Å². The van der Waals surface area contributed by atoms with Crippen molar-refractivity contribution in [2.75, 3.05) is 4.90 Å². The van der Waals surface area contributed by atoms with Gasteiger partial charge in [0, 0.05) is 27.9 Å². The van der Waals surface area contributed by atoms with Gasteiger partial charge in [-0.3, -0.25) is 19.5 Å². The van der Waals surface area contributed by atoms with Crippen LogP contribution in [-0.4, -0.2) is 21.8 Å². The molecule has 1 aliphatic rings. The van der Waals surface area contributed by atoms with Crippen LogP contribution >= 0.6 is 15.9 Å². The molecular weight excluding hydrogens is 479 g/mol. The van der Waals surface area contributed by atoms with E-state index in [0.29, 0.717) is 16.5 Å². The van der Waals surface area contributed by atoms with Gasteiger partial charge < -0.3 is 9.52 Å². The number of amides is 1. The van der Waals surface area contributed by atoms with E-state index in [1.165, 1.54) is 41.6 Å². The normalized spacial score (nSPS) is 16.2. The Kier molecular flexibility index (Phi) is 4.86. The highest BCUT2D eigenvalue weighted by molar-refractivity contribution is 9.10. The molecule has 1 unspecified atom stereocenters. The SMILES string of the molecule is O=C(C1=C(O)C(=O)N(c2cccc(F)c2)C1c1ccncc1)c1cc2cc(Br)ccc2o1. The summed E-state index contributed by atoms with van der Waals surface area (Å²) in [7, 11) is 0. The molecule has 5 rings (SSSR count). The average Bonchev–Trinajstić information content (AvgIpc) is 3.32. The van der Waals surface area contributed by atoms with Crippen molar-refractivity contribution in [1.82, 2.24) is 4.98 Å². The number of rotatable bonds is 4. The lowest BCUT2D eigenvalue weighted by molar-refractivity contribution is -0.117. The van der Waals surface area contributed by atoms with Gasteiger partial charge in [-0.1, -0.05) is 22.0 Å². The first-order valence-electron chi connectivity index (χ1n) is 9.60. The van der Waals surface area contributed by atoms with E-state index >= 15 is 0 Å². The summed E-state index contributed by atoms with van der Waals surface area (Å²) in [4.78, 5) is 31.7. The number of ketones is 1. The summed E-state index contributed by atoms with van der Waals surface area (Å²) in [6.07, 6.45) is 3.03. The highest BCUT2D eigenvalue weighted by atomic mass is 79.9. The predicted octanol–water partition coefficient (Wildman–Crippen LogP) is 5.51. The molecule has 1 aliphatic heterocycles. The van der Waals surface area contributed by atoms with Crippen molar-refractivity contribution in [2.45, 2.75) is 6.04 Å². The molecular formula is C24H14BrFN2O4. The molecule has 0 bridgehead atoms. The van der Waals surface area contributed by atoms with Crippen molar-refractivity contribution >= 4 is 44.3 Å². The van der Waals surface area contributed by atoms with Crippen molar-refractivity contribution in [3.8, 4) is 0 Å². The van der Waals surface area contributed by atoms with Crippen LogP contribution in [0.3, 0.4) is 0 Å². The van der Waals surface area contributed by atoms with E-state index in [1.807, 2.05) is 0 Å². The molecule has 8 heteroatoms. The minimum atomic E-state index is -0.986. The molecule has 0 fully saturated rings. The molecule has 0 saturated heterocycles. The number of aliphatic hydroxyl groups is 1. The van der Waals surface area contributed by atoms with Crippen LogP contribution in [0.15, 0.2) is 93.3 Å². The van der Waals surface area contributed by atoms with Crippen LogP contribution in [0.2, 0.25) is 0 Å². The molecule has 0 radical (unpaired) electrons. The maximum absolute atomic E-state index is 13.9. The number of aliphatic hydroxyl groups excluding tert-OH is 1. The predicted molar refractivity (Wildman–Crippen MR) is 119 cm³/mol. The van der Waals surface area contributed by atoms with E-state index in [2.05, 4.69) is 20.9 Å². The van der Waals surface area contributed by atoms with E-state index in [9.17, 15) is 19.1 Å². The number of anilines is 1. The van der Waals surface area contributed by atoms with E-state index in [-0.39, 0.29) is 17.0 Å². The van der Waals surface area contributed by atoms with Gasteiger partial charge in [0.2, 0.25) is 5.78 Å². The van der Waals surface area contributed by atoms with Gasteiger partial charge in [0.05, 0.1) is 11.6 Å². The molecule has 32 heavy (non-hydrogen) atoms. The van der Waals surface area contributed by atoms with Gasteiger partial charge in [-0.25, -0.2) is 4.39 Å². The van der Waals surface area contributed by atoms with Crippen molar-refractivity contribution in [1.29, 1.82) is 0 Å². The highest BCUT2D eigenvalue weighted by Gasteiger charge is 2.45. The number of carbonyl (C=O) groups excluding carboxylic acids is 2. The highest BCUT2D eigenvalue weighted by Crippen LogP contribution is 2.42. The third-order valence-electron chi connectivity index (χ3n) is 5.26. The van der Waals surface area contributed by atoms with Gasteiger partial charge in [-0.2, -0.15) is 0 Å². The Hall–Kier alpha value is -3.78. The molecule has 0 spiro atoms. The Bertz CT molecular complexity index is 1410. The summed E-state index contributed by atoms with van der Waals surface area (Å²) in [5.41, 5.74) is 1.08. The second kappa shape index (κ2) is 7.72. The Labute approximate surface area is 189 Å². The molecule has 6 nitrogen and oxygen atoms in total. The number of pyridine rings is 1. The molecule has 2 aromatic carbocycles. The standard InChI is InChI=1S/C24H14BrFN2O4/c25-15-4-5-18-14(10-15)11-19(32-18)22(29)20-21(13-6-8-27-9-7-13)28(24(31)23(20)30)17-3-1-2-16(26)12-17/h1-12,21,30H. The van der Waals surface area contributed by atoms with E-state index in [1.54, 1.807) is 36.4 Å². The maximum Gasteiger partial charge on any atom is 0.294 e. The van der Waals surface area contributed by atoms with Gasteiger partial charge in [-0.05, 0) is 60.2 Å². The zero-order valence-electron chi connectivity index (χ0n) is 16.3. The van der Waals surface area contributed by atoms with Gasteiger partial charge in [0.25, 0.3) is 5.91 Å². The topological polar surface area (TPSA) is 83.6 Å². The zero-order valence-corrected chi connectivity index (χ0v) is 17.9. The summed E-state index contributed by atoms with van der Waals surface area (Å²) in [5, 5.41) is 11.4. The van der Waals surface area contributed by atoms with E-state index < -0.39 is 29.3 Å². The first-order chi connectivity index (χ1) is 15.4. The number of carbonyl (C=O) groups is 2. The molecule has 1 atom stereocenters. The number of fused-ring (bicyclic) bond motifs is 1. The molecule has 3 heterocycles. The third kappa shape index (κ3) is 3.29. The quantitative estimate of drug-likeness (QED) is 0.379. The largest absolute Gasteiger partial charge is 0.503 e. The summed E-state index contributed by atoms with van der Waals surface area (Å²) < 4.78 is 20.5. The van der Waals surface area contributed by atoms with Crippen molar-refractivity contribution in [3.05, 3.63) is 106 Å². The van der Waals surface area contributed by atoms with Crippen LogP contribution in [0, 0.1) is 5.82 Å². The summed E-state index contributed by atoms with van der Waals surface area (Å²) in [6, 6.07) is 14.5. The van der Waals surface area contributed by atoms with Crippen molar-refractivity contribution < 1.29 is 23.5 Å². The lowest BCUT2D eigenvalue weighted by Gasteiger charge is -2.26. The number of halogens is 2. The number of hydrogen-bond acceptors (Lipinski definition) is 5. The molecule has 0 saturated carbocycles. The molecule has 0 aliphatic carbocycles. The zero-order chi connectivity index (χ0) is 22.4. The Morgan fingerprint density at radius 3 is 2.62 bits per heavy atom. The van der Waals surface area contributed by atoms with Crippen LogP contribution < -0.4 is 4.90 Å². The molecule has 2 aromatic heterocycles. The summed E-state index contributed by atoms with van der Waals surface area (Å²) in [5.74, 6) is -2.72. The Morgan fingerprint density at radius 2 is 1.88 bits per heavy atom. The smallest absolute Gasteiger partial charge is 0.294 e. The van der Waals surface area contributed by atoms with Gasteiger partial charge >= 0.3 is 0 Å². The fourth-order valence-corrected chi connectivity index (χ4v) is 4.23. The summed E-state index contributed by atoms with van der Waals surface area (Å²) in [6.45, 7) is 0. The number of hydrogen-bond donors (Lipinski definition) is 1. The maximum atomic E-state index is 13.9. The van der Waals surface area contributed by atoms with Crippen LogP contribution in [0.4, 0.5) is 10.1 Å². The minimum Gasteiger partial charge on any atom is -0.503 e. The van der Waals surface area contributed by atoms with E-state index in [0.717, 1.165) is 4.47 Å². The Morgan fingerprint density at radius 1 is 1.09 bits per heavy atom. The van der Waals surface area contributed by atoms with Gasteiger partial charge in [0.1, 0.15) is 11.4 Å². The molecule has 1 N–H and O–H groups in total. The number of aromatic nitrogens is 1. The molecule has 1 amide bonds. The molecule has 158 valence electrons.